The zero-order valence-electron chi connectivity index (χ0n) is 9.84. The summed E-state index contributed by atoms with van der Waals surface area (Å²) < 4.78 is 6.30. The van der Waals surface area contributed by atoms with Crippen LogP contribution in [0.25, 0.3) is 0 Å². The standard InChI is InChI=1S/C14H11BrO4/c15-10-4-5-12(14(17)18)13(7-10)19-11-3-1-2-9(6-11)8-16/h1-7,16H,8H2,(H,17,18). The van der Waals surface area contributed by atoms with Crippen molar-refractivity contribution in [3.8, 4) is 11.5 Å². The highest BCUT2D eigenvalue weighted by Crippen LogP contribution is 2.29. The Hall–Kier alpha value is -1.85. The monoisotopic (exact) mass is 322 g/mol. The molecule has 2 aromatic rings. The summed E-state index contributed by atoms with van der Waals surface area (Å²) in [5.41, 5.74) is 0.780. The number of benzene rings is 2. The van der Waals surface area contributed by atoms with E-state index in [1.54, 1.807) is 36.4 Å². The van der Waals surface area contributed by atoms with E-state index in [0.29, 0.717) is 11.3 Å². The van der Waals surface area contributed by atoms with E-state index >= 15 is 0 Å². The Labute approximate surface area is 118 Å². The van der Waals surface area contributed by atoms with E-state index in [2.05, 4.69) is 15.9 Å². The molecule has 0 amide bonds. The zero-order chi connectivity index (χ0) is 13.8. The van der Waals surface area contributed by atoms with Crippen LogP contribution in [0.4, 0.5) is 0 Å². The van der Waals surface area contributed by atoms with E-state index in [1.807, 2.05) is 0 Å². The topological polar surface area (TPSA) is 66.8 Å². The Morgan fingerprint density at radius 2 is 2.00 bits per heavy atom. The van der Waals surface area contributed by atoms with E-state index in [1.165, 1.54) is 6.07 Å². The van der Waals surface area contributed by atoms with Gasteiger partial charge >= 0.3 is 5.97 Å². The van der Waals surface area contributed by atoms with Crippen LogP contribution in [0.2, 0.25) is 0 Å². The van der Waals surface area contributed by atoms with Crippen LogP contribution in [0.1, 0.15) is 15.9 Å². The van der Waals surface area contributed by atoms with Crippen LogP contribution in [-0.2, 0) is 6.61 Å². The summed E-state index contributed by atoms with van der Waals surface area (Å²) in [5.74, 6) is -0.329. The lowest BCUT2D eigenvalue weighted by molar-refractivity contribution is 0.0694. The zero-order valence-corrected chi connectivity index (χ0v) is 11.4. The van der Waals surface area contributed by atoms with Crippen molar-refractivity contribution in [1.29, 1.82) is 0 Å². The first-order chi connectivity index (χ1) is 9.10. The number of rotatable bonds is 4. The minimum atomic E-state index is -1.05. The van der Waals surface area contributed by atoms with Gasteiger partial charge in [-0.1, -0.05) is 28.1 Å². The van der Waals surface area contributed by atoms with Crippen molar-refractivity contribution in [2.75, 3.05) is 0 Å². The molecular weight excluding hydrogens is 312 g/mol. The van der Waals surface area contributed by atoms with Gasteiger partial charge in [-0.15, -0.1) is 0 Å². The molecule has 2 N–H and O–H groups in total. The van der Waals surface area contributed by atoms with Crippen LogP contribution in [-0.4, -0.2) is 16.2 Å². The fraction of sp³-hybridized carbons (Fsp3) is 0.0714. The number of carbonyl (C=O) groups is 1. The molecule has 0 bridgehead atoms. The van der Waals surface area contributed by atoms with Crippen LogP contribution < -0.4 is 4.74 Å². The van der Waals surface area contributed by atoms with Crippen LogP contribution in [0.3, 0.4) is 0 Å². The molecule has 0 radical (unpaired) electrons. The summed E-state index contributed by atoms with van der Waals surface area (Å²) in [6, 6.07) is 11.6. The molecule has 0 spiro atoms. The third kappa shape index (κ3) is 3.33. The van der Waals surface area contributed by atoms with Gasteiger partial charge in [0.05, 0.1) is 6.61 Å². The second-order valence-corrected chi connectivity index (χ2v) is 4.77. The summed E-state index contributed by atoms with van der Waals surface area (Å²) in [4.78, 5) is 11.1. The Bertz CT molecular complexity index is 610. The maximum absolute atomic E-state index is 11.1. The van der Waals surface area contributed by atoms with Crippen LogP contribution >= 0.6 is 15.9 Å². The average molecular weight is 323 g/mol. The Morgan fingerprint density at radius 3 is 2.68 bits per heavy atom. The summed E-state index contributed by atoms with van der Waals surface area (Å²) in [7, 11) is 0. The van der Waals surface area contributed by atoms with Crippen molar-refractivity contribution in [3.63, 3.8) is 0 Å². The Balaban J connectivity index is 2.36. The lowest BCUT2D eigenvalue weighted by atomic mass is 10.2. The maximum Gasteiger partial charge on any atom is 0.339 e. The maximum atomic E-state index is 11.1. The fourth-order valence-corrected chi connectivity index (χ4v) is 1.93. The SMILES string of the molecule is O=C(O)c1ccc(Br)cc1Oc1cccc(CO)c1. The second-order valence-electron chi connectivity index (χ2n) is 3.85. The lowest BCUT2D eigenvalue weighted by Crippen LogP contribution is -2.00. The number of aliphatic hydroxyl groups is 1. The van der Waals surface area contributed by atoms with E-state index in [0.717, 1.165) is 4.47 Å². The largest absolute Gasteiger partial charge is 0.478 e. The van der Waals surface area contributed by atoms with E-state index in [-0.39, 0.29) is 17.9 Å². The molecule has 0 unspecified atom stereocenters. The molecule has 0 saturated heterocycles. The summed E-state index contributed by atoms with van der Waals surface area (Å²) in [6.07, 6.45) is 0. The minimum Gasteiger partial charge on any atom is -0.478 e. The first-order valence-electron chi connectivity index (χ1n) is 5.50. The number of ether oxygens (including phenoxy) is 1. The molecule has 4 nitrogen and oxygen atoms in total. The van der Waals surface area contributed by atoms with Gasteiger partial charge in [-0.25, -0.2) is 4.79 Å². The van der Waals surface area contributed by atoms with Gasteiger partial charge in [-0.3, -0.25) is 0 Å². The van der Waals surface area contributed by atoms with Crippen LogP contribution in [0.5, 0.6) is 11.5 Å². The third-order valence-corrected chi connectivity index (χ3v) is 2.98. The van der Waals surface area contributed by atoms with Gasteiger partial charge < -0.3 is 14.9 Å². The molecule has 0 fully saturated rings. The highest BCUT2D eigenvalue weighted by Gasteiger charge is 2.12. The summed E-state index contributed by atoms with van der Waals surface area (Å²) in [5, 5.41) is 18.2. The number of hydrogen-bond donors (Lipinski definition) is 2. The van der Waals surface area contributed by atoms with Crippen molar-refractivity contribution >= 4 is 21.9 Å². The number of hydrogen-bond acceptors (Lipinski definition) is 3. The minimum absolute atomic E-state index is 0.0811. The van der Waals surface area contributed by atoms with Crippen molar-refractivity contribution in [1.82, 2.24) is 0 Å². The Morgan fingerprint density at radius 1 is 1.21 bits per heavy atom. The van der Waals surface area contributed by atoms with Gasteiger partial charge in [-0.05, 0) is 35.9 Å². The molecule has 5 heteroatoms. The van der Waals surface area contributed by atoms with E-state index in [9.17, 15) is 4.79 Å². The quantitative estimate of drug-likeness (QED) is 0.905. The molecule has 2 aromatic carbocycles. The van der Waals surface area contributed by atoms with Gasteiger partial charge in [0, 0.05) is 4.47 Å². The number of aliphatic hydroxyl groups excluding tert-OH is 1. The molecule has 0 saturated carbocycles. The van der Waals surface area contributed by atoms with Gasteiger partial charge in [0.15, 0.2) is 0 Å². The van der Waals surface area contributed by atoms with E-state index in [4.69, 9.17) is 14.9 Å². The first-order valence-corrected chi connectivity index (χ1v) is 6.30. The van der Waals surface area contributed by atoms with Gasteiger partial charge in [0.1, 0.15) is 17.1 Å². The van der Waals surface area contributed by atoms with Gasteiger partial charge in [0.2, 0.25) is 0 Å². The molecular formula is C14H11BrO4. The molecule has 19 heavy (non-hydrogen) atoms. The smallest absolute Gasteiger partial charge is 0.339 e. The number of aromatic carboxylic acids is 1. The summed E-state index contributed by atoms with van der Waals surface area (Å²) in [6.45, 7) is -0.0958. The summed E-state index contributed by atoms with van der Waals surface area (Å²) >= 11 is 3.27. The van der Waals surface area contributed by atoms with Crippen molar-refractivity contribution in [2.24, 2.45) is 0 Å². The molecule has 0 aromatic heterocycles. The normalized spacial score (nSPS) is 10.2. The highest BCUT2D eigenvalue weighted by atomic mass is 79.9. The van der Waals surface area contributed by atoms with E-state index < -0.39 is 5.97 Å². The number of carboxylic acids is 1. The Kier molecular flexibility index (Phi) is 4.19. The van der Waals surface area contributed by atoms with Gasteiger partial charge in [-0.2, -0.15) is 0 Å². The molecule has 98 valence electrons. The molecule has 0 aliphatic heterocycles. The molecule has 0 aliphatic carbocycles. The fourth-order valence-electron chi connectivity index (χ4n) is 1.59. The van der Waals surface area contributed by atoms with Crippen LogP contribution in [0, 0.1) is 0 Å². The van der Waals surface area contributed by atoms with Crippen molar-refractivity contribution in [3.05, 3.63) is 58.1 Å². The van der Waals surface area contributed by atoms with Crippen LogP contribution in [0.15, 0.2) is 46.9 Å². The third-order valence-electron chi connectivity index (χ3n) is 2.48. The lowest BCUT2D eigenvalue weighted by Gasteiger charge is -2.10. The van der Waals surface area contributed by atoms with Crippen molar-refractivity contribution in [2.45, 2.75) is 6.61 Å². The average Bonchev–Trinajstić information content (AvgIpc) is 2.38. The predicted molar refractivity (Wildman–Crippen MR) is 73.5 cm³/mol. The molecule has 2 rings (SSSR count). The molecule has 0 atom stereocenters. The molecule has 0 heterocycles. The van der Waals surface area contributed by atoms with Gasteiger partial charge in [0.25, 0.3) is 0 Å². The second kappa shape index (κ2) is 5.86. The van der Waals surface area contributed by atoms with Crippen molar-refractivity contribution < 1.29 is 19.7 Å². The first kappa shape index (κ1) is 13.6. The molecule has 0 aliphatic rings. The highest BCUT2D eigenvalue weighted by molar-refractivity contribution is 9.10. The predicted octanol–water partition coefficient (Wildman–Crippen LogP) is 3.43. The number of halogens is 1. The number of carboxylic acid groups (broad SMARTS) is 1.